The standard InChI is InChI=1S/C24H28N2O/c1-17-22-15-20(26-11-4-3-5-12-26)7-8-21(22)23(16-25(17)2)18-6-9-24-19(14-18)10-13-27-24/h6-10,13-15,17,23H,3-5,11-12,16H2,1-2H3. The van der Waals surface area contributed by atoms with Crippen molar-refractivity contribution in [3.8, 4) is 0 Å². The van der Waals surface area contributed by atoms with E-state index >= 15 is 0 Å². The van der Waals surface area contributed by atoms with Gasteiger partial charge in [0.15, 0.2) is 0 Å². The second-order valence-electron chi connectivity index (χ2n) is 8.25. The quantitative estimate of drug-likeness (QED) is 0.596. The molecule has 0 radical (unpaired) electrons. The van der Waals surface area contributed by atoms with E-state index in [-0.39, 0.29) is 0 Å². The monoisotopic (exact) mass is 360 g/mol. The number of fused-ring (bicyclic) bond motifs is 2. The zero-order valence-electron chi connectivity index (χ0n) is 16.3. The Balaban J connectivity index is 1.56. The first-order chi connectivity index (χ1) is 13.2. The van der Waals surface area contributed by atoms with E-state index in [4.69, 9.17) is 4.42 Å². The van der Waals surface area contributed by atoms with Crippen molar-refractivity contribution < 1.29 is 4.42 Å². The highest BCUT2D eigenvalue weighted by Gasteiger charge is 2.30. The number of rotatable bonds is 2. The van der Waals surface area contributed by atoms with Gasteiger partial charge in [-0.15, -0.1) is 0 Å². The van der Waals surface area contributed by atoms with Gasteiger partial charge in [-0.2, -0.15) is 0 Å². The van der Waals surface area contributed by atoms with Crippen molar-refractivity contribution >= 4 is 16.7 Å². The average Bonchev–Trinajstić information content (AvgIpc) is 3.19. The third kappa shape index (κ3) is 2.94. The van der Waals surface area contributed by atoms with Gasteiger partial charge in [0.2, 0.25) is 0 Å². The molecule has 2 unspecified atom stereocenters. The predicted molar refractivity (Wildman–Crippen MR) is 112 cm³/mol. The summed E-state index contributed by atoms with van der Waals surface area (Å²) in [5.74, 6) is 0.413. The molecule has 1 fully saturated rings. The molecule has 0 saturated carbocycles. The van der Waals surface area contributed by atoms with Crippen LogP contribution in [0.3, 0.4) is 0 Å². The Morgan fingerprint density at radius 2 is 1.78 bits per heavy atom. The number of piperidine rings is 1. The van der Waals surface area contributed by atoms with Crippen LogP contribution in [0.25, 0.3) is 11.0 Å². The smallest absolute Gasteiger partial charge is 0.133 e. The third-order valence-electron chi connectivity index (χ3n) is 6.63. The van der Waals surface area contributed by atoms with Gasteiger partial charge in [-0.3, -0.25) is 4.90 Å². The summed E-state index contributed by atoms with van der Waals surface area (Å²) in [6, 6.07) is 16.4. The average molecular weight is 361 g/mol. The minimum absolute atomic E-state index is 0.413. The zero-order valence-corrected chi connectivity index (χ0v) is 16.3. The molecular formula is C24H28N2O. The maximum absolute atomic E-state index is 5.53. The van der Waals surface area contributed by atoms with E-state index in [0.717, 1.165) is 12.1 Å². The van der Waals surface area contributed by atoms with E-state index in [1.807, 2.05) is 0 Å². The van der Waals surface area contributed by atoms with Crippen LogP contribution in [-0.4, -0.2) is 31.6 Å². The summed E-state index contributed by atoms with van der Waals surface area (Å²) in [5.41, 5.74) is 6.74. The number of benzene rings is 2. The second-order valence-corrected chi connectivity index (χ2v) is 8.25. The first kappa shape index (κ1) is 16.9. The van der Waals surface area contributed by atoms with Crippen molar-refractivity contribution in [3.63, 3.8) is 0 Å². The molecule has 0 spiro atoms. The largest absolute Gasteiger partial charge is 0.464 e. The number of hydrogen-bond acceptors (Lipinski definition) is 3. The molecular weight excluding hydrogens is 332 g/mol. The van der Waals surface area contributed by atoms with E-state index in [9.17, 15) is 0 Å². The fourth-order valence-electron chi connectivity index (χ4n) is 4.86. The van der Waals surface area contributed by atoms with Gasteiger partial charge in [0, 0.05) is 42.7 Å². The molecule has 140 valence electrons. The normalized spacial score (nSPS) is 23.6. The number of nitrogens with zero attached hydrogens (tertiary/aromatic N) is 2. The maximum atomic E-state index is 5.53. The molecule has 5 rings (SSSR count). The molecule has 0 aliphatic carbocycles. The van der Waals surface area contributed by atoms with Gasteiger partial charge in [0.05, 0.1) is 6.26 Å². The number of furan rings is 1. The summed E-state index contributed by atoms with van der Waals surface area (Å²) >= 11 is 0. The Kier molecular flexibility index (Phi) is 4.20. The van der Waals surface area contributed by atoms with Crippen molar-refractivity contribution in [2.45, 2.75) is 38.1 Å². The van der Waals surface area contributed by atoms with Gasteiger partial charge >= 0.3 is 0 Å². The van der Waals surface area contributed by atoms with Crippen LogP contribution in [-0.2, 0) is 0 Å². The number of hydrogen-bond donors (Lipinski definition) is 0. The Morgan fingerprint density at radius 1 is 0.926 bits per heavy atom. The Hall–Kier alpha value is -2.26. The summed E-state index contributed by atoms with van der Waals surface area (Å²) < 4.78 is 5.53. The van der Waals surface area contributed by atoms with Crippen molar-refractivity contribution in [2.75, 3.05) is 31.6 Å². The highest BCUT2D eigenvalue weighted by atomic mass is 16.3. The maximum Gasteiger partial charge on any atom is 0.133 e. The third-order valence-corrected chi connectivity index (χ3v) is 6.63. The van der Waals surface area contributed by atoms with Crippen molar-refractivity contribution in [3.05, 3.63) is 65.4 Å². The van der Waals surface area contributed by atoms with E-state index in [0.29, 0.717) is 12.0 Å². The van der Waals surface area contributed by atoms with Gasteiger partial charge in [-0.05, 0) is 80.3 Å². The van der Waals surface area contributed by atoms with Crippen molar-refractivity contribution in [1.82, 2.24) is 4.90 Å². The summed E-state index contributed by atoms with van der Waals surface area (Å²) in [5, 5.41) is 1.19. The van der Waals surface area contributed by atoms with Crippen molar-refractivity contribution in [1.29, 1.82) is 0 Å². The van der Waals surface area contributed by atoms with E-state index in [2.05, 4.69) is 66.2 Å². The van der Waals surface area contributed by atoms with Crippen molar-refractivity contribution in [2.24, 2.45) is 0 Å². The molecule has 3 heteroatoms. The van der Waals surface area contributed by atoms with Crippen LogP contribution < -0.4 is 4.90 Å². The molecule has 3 nitrogen and oxygen atoms in total. The molecule has 3 aromatic rings. The SMILES string of the molecule is CC1c2cc(N3CCCCC3)ccc2C(c2ccc3occc3c2)CN1C. The molecule has 27 heavy (non-hydrogen) atoms. The zero-order chi connectivity index (χ0) is 18.4. The molecule has 1 aromatic heterocycles. The molecule has 2 aliphatic heterocycles. The summed E-state index contributed by atoms with van der Waals surface area (Å²) in [6.07, 6.45) is 5.79. The highest BCUT2D eigenvalue weighted by Crippen LogP contribution is 2.41. The molecule has 0 N–H and O–H groups in total. The molecule has 0 bridgehead atoms. The van der Waals surface area contributed by atoms with Crippen LogP contribution in [0.1, 0.15) is 54.8 Å². The molecule has 0 amide bonds. The first-order valence-electron chi connectivity index (χ1n) is 10.3. The van der Waals surface area contributed by atoms with Gasteiger partial charge < -0.3 is 9.32 Å². The fraction of sp³-hybridized carbons (Fsp3) is 0.417. The van der Waals surface area contributed by atoms with Crippen LogP contribution in [0.4, 0.5) is 5.69 Å². The van der Waals surface area contributed by atoms with Crippen LogP contribution in [0, 0.1) is 0 Å². The van der Waals surface area contributed by atoms with E-state index in [1.54, 1.807) is 6.26 Å². The van der Waals surface area contributed by atoms with Crippen LogP contribution in [0.15, 0.2) is 53.1 Å². The minimum atomic E-state index is 0.413. The number of anilines is 1. The van der Waals surface area contributed by atoms with Gasteiger partial charge in [-0.1, -0.05) is 12.1 Å². The van der Waals surface area contributed by atoms with E-state index in [1.165, 1.54) is 60.1 Å². The van der Waals surface area contributed by atoms with Gasteiger partial charge in [0.25, 0.3) is 0 Å². The van der Waals surface area contributed by atoms with Gasteiger partial charge in [-0.25, -0.2) is 0 Å². The number of likely N-dealkylation sites (N-methyl/N-ethyl adjacent to an activating group) is 1. The lowest BCUT2D eigenvalue weighted by atomic mass is 9.81. The first-order valence-corrected chi connectivity index (χ1v) is 10.3. The lowest BCUT2D eigenvalue weighted by molar-refractivity contribution is 0.234. The van der Waals surface area contributed by atoms with Crippen LogP contribution in [0.2, 0.25) is 0 Å². The second kappa shape index (κ2) is 6.72. The Labute approximate surface area is 161 Å². The molecule has 2 aromatic carbocycles. The van der Waals surface area contributed by atoms with Crippen LogP contribution >= 0.6 is 0 Å². The lowest BCUT2D eigenvalue weighted by Gasteiger charge is -2.39. The topological polar surface area (TPSA) is 19.6 Å². The summed E-state index contributed by atoms with van der Waals surface area (Å²) in [6.45, 7) is 5.79. The van der Waals surface area contributed by atoms with Crippen LogP contribution in [0.5, 0.6) is 0 Å². The van der Waals surface area contributed by atoms with E-state index < -0.39 is 0 Å². The minimum Gasteiger partial charge on any atom is -0.464 e. The molecule has 3 heterocycles. The summed E-state index contributed by atoms with van der Waals surface area (Å²) in [4.78, 5) is 5.06. The fourth-order valence-corrected chi connectivity index (χ4v) is 4.86. The predicted octanol–water partition coefficient (Wildman–Crippen LogP) is 5.56. The molecule has 1 saturated heterocycles. The Bertz CT molecular complexity index is 954. The van der Waals surface area contributed by atoms with Gasteiger partial charge in [0.1, 0.15) is 5.58 Å². The molecule has 2 aliphatic rings. The summed E-state index contributed by atoms with van der Waals surface area (Å²) in [7, 11) is 2.25. The highest BCUT2D eigenvalue weighted by molar-refractivity contribution is 5.78. The lowest BCUT2D eigenvalue weighted by Crippen LogP contribution is -2.35. The Morgan fingerprint density at radius 3 is 2.63 bits per heavy atom. The molecule has 2 atom stereocenters.